The summed E-state index contributed by atoms with van der Waals surface area (Å²) < 4.78 is 39.5. The van der Waals surface area contributed by atoms with Crippen molar-refractivity contribution in [2.45, 2.75) is 11.3 Å². The molecule has 0 bridgehead atoms. The van der Waals surface area contributed by atoms with Gasteiger partial charge in [-0.25, -0.2) is 4.79 Å². The Bertz CT molecular complexity index is 1110. The molecule has 0 spiro atoms. The number of carbonyl (C=O) groups is 1. The zero-order chi connectivity index (χ0) is 18.7. The van der Waals surface area contributed by atoms with Gasteiger partial charge in [0.1, 0.15) is 16.2 Å². The zero-order valence-electron chi connectivity index (χ0n) is 13.7. The molecule has 0 N–H and O–H groups in total. The highest BCUT2D eigenvalue weighted by molar-refractivity contribution is 7.87. The lowest BCUT2D eigenvalue weighted by molar-refractivity contribution is -0.139. The standard InChI is InChI=1S/C18H14O7S/c1-23-18(20)10-12-2-5-14(6-3-12)25-26(21,22)15-7-8-16-13(11-15)4-9-17(19)24-16/h2-9,11H,10H2,1H3. The van der Waals surface area contributed by atoms with Crippen molar-refractivity contribution in [3.8, 4) is 5.75 Å². The normalized spacial score (nSPS) is 11.3. The van der Waals surface area contributed by atoms with E-state index in [4.69, 9.17) is 8.60 Å². The van der Waals surface area contributed by atoms with E-state index in [1.54, 1.807) is 12.1 Å². The second-order valence-electron chi connectivity index (χ2n) is 5.39. The van der Waals surface area contributed by atoms with Crippen LogP contribution >= 0.6 is 0 Å². The van der Waals surface area contributed by atoms with Crippen molar-refractivity contribution in [3.63, 3.8) is 0 Å². The number of carbonyl (C=O) groups excluding carboxylic acids is 1. The van der Waals surface area contributed by atoms with Crippen LogP contribution in [0.3, 0.4) is 0 Å². The van der Waals surface area contributed by atoms with Crippen molar-refractivity contribution < 1.29 is 26.5 Å². The maximum atomic E-state index is 12.4. The van der Waals surface area contributed by atoms with Crippen molar-refractivity contribution in [1.29, 1.82) is 0 Å². The van der Waals surface area contributed by atoms with Crippen LogP contribution in [-0.2, 0) is 26.1 Å². The van der Waals surface area contributed by atoms with Crippen LogP contribution in [0.1, 0.15) is 5.56 Å². The number of rotatable bonds is 5. The third-order valence-electron chi connectivity index (χ3n) is 3.58. The summed E-state index contributed by atoms with van der Waals surface area (Å²) in [6.07, 6.45) is 0.0827. The number of hydrogen-bond donors (Lipinski definition) is 0. The molecule has 0 amide bonds. The lowest BCUT2D eigenvalue weighted by Crippen LogP contribution is -2.10. The second-order valence-corrected chi connectivity index (χ2v) is 6.93. The minimum atomic E-state index is -4.07. The highest BCUT2D eigenvalue weighted by Crippen LogP contribution is 2.22. The van der Waals surface area contributed by atoms with Gasteiger partial charge in [0.15, 0.2) is 0 Å². The van der Waals surface area contributed by atoms with Crippen molar-refractivity contribution in [2.75, 3.05) is 7.11 Å². The van der Waals surface area contributed by atoms with Crippen molar-refractivity contribution in [2.24, 2.45) is 0 Å². The minimum absolute atomic E-state index is 0.0718. The number of ether oxygens (including phenoxy) is 1. The molecule has 134 valence electrons. The molecule has 0 aliphatic heterocycles. The van der Waals surface area contributed by atoms with Gasteiger partial charge in [-0.15, -0.1) is 0 Å². The minimum Gasteiger partial charge on any atom is -0.469 e. The first-order valence-electron chi connectivity index (χ1n) is 7.51. The maximum absolute atomic E-state index is 12.4. The number of fused-ring (bicyclic) bond motifs is 1. The molecule has 0 fully saturated rings. The molecule has 0 radical (unpaired) electrons. The zero-order valence-corrected chi connectivity index (χ0v) is 14.5. The molecular formula is C18H14O7S. The summed E-state index contributed by atoms with van der Waals surface area (Å²) in [5.74, 6) is -0.285. The number of benzene rings is 2. The Kier molecular flexibility index (Phi) is 4.77. The highest BCUT2D eigenvalue weighted by Gasteiger charge is 2.18. The Balaban J connectivity index is 1.83. The largest absolute Gasteiger partial charge is 0.469 e. The lowest BCUT2D eigenvalue weighted by Gasteiger charge is -2.08. The quantitative estimate of drug-likeness (QED) is 0.384. The van der Waals surface area contributed by atoms with Gasteiger partial charge in [-0.1, -0.05) is 12.1 Å². The number of methoxy groups -OCH3 is 1. The van der Waals surface area contributed by atoms with Gasteiger partial charge in [0, 0.05) is 11.5 Å². The molecule has 0 atom stereocenters. The van der Waals surface area contributed by atoms with Gasteiger partial charge in [0.25, 0.3) is 0 Å². The van der Waals surface area contributed by atoms with E-state index >= 15 is 0 Å². The van der Waals surface area contributed by atoms with Gasteiger partial charge in [0.2, 0.25) is 0 Å². The average molecular weight is 374 g/mol. The molecule has 8 heteroatoms. The Labute approximate surface area is 148 Å². The smallest absolute Gasteiger partial charge is 0.339 e. The molecule has 3 rings (SSSR count). The van der Waals surface area contributed by atoms with E-state index in [-0.39, 0.29) is 22.6 Å². The van der Waals surface area contributed by atoms with E-state index in [1.807, 2.05) is 0 Å². The molecule has 0 unspecified atom stereocenters. The molecular weight excluding hydrogens is 360 g/mol. The Morgan fingerprint density at radius 2 is 1.77 bits per heavy atom. The first kappa shape index (κ1) is 17.7. The lowest BCUT2D eigenvalue weighted by atomic mass is 10.1. The van der Waals surface area contributed by atoms with Gasteiger partial charge < -0.3 is 13.3 Å². The summed E-state index contributed by atoms with van der Waals surface area (Å²) in [5, 5.41) is 0.461. The summed E-state index contributed by atoms with van der Waals surface area (Å²) in [4.78, 5) is 22.3. The molecule has 0 aliphatic rings. The first-order valence-corrected chi connectivity index (χ1v) is 8.92. The van der Waals surface area contributed by atoms with Gasteiger partial charge in [0.05, 0.1) is 13.5 Å². The molecule has 1 aromatic heterocycles. The molecule has 7 nitrogen and oxygen atoms in total. The fourth-order valence-corrected chi connectivity index (χ4v) is 3.25. The van der Waals surface area contributed by atoms with Crippen LogP contribution in [0, 0.1) is 0 Å². The van der Waals surface area contributed by atoms with Crippen LogP contribution in [0.25, 0.3) is 11.0 Å². The molecule has 26 heavy (non-hydrogen) atoms. The third kappa shape index (κ3) is 3.92. The van der Waals surface area contributed by atoms with E-state index < -0.39 is 21.7 Å². The maximum Gasteiger partial charge on any atom is 0.339 e. The summed E-state index contributed by atoms with van der Waals surface area (Å²) in [7, 11) is -2.77. The number of hydrogen-bond acceptors (Lipinski definition) is 7. The van der Waals surface area contributed by atoms with Crippen LogP contribution in [-0.4, -0.2) is 21.5 Å². The van der Waals surface area contributed by atoms with E-state index in [1.165, 1.54) is 49.6 Å². The molecule has 0 saturated carbocycles. The Morgan fingerprint density at radius 3 is 2.46 bits per heavy atom. The van der Waals surface area contributed by atoms with Crippen LogP contribution in [0.2, 0.25) is 0 Å². The monoisotopic (exact) mass is 374 g/mol. The summed E-state index contributed by atoms with van der Waals surface area (Å²) in [5.41, 5.74) is 0.433. The predicted octanol–water partition coefficient (Wildman–Crippen LogP) is 2.28. The van der Waals surface area contributed by atoms with Gasteiger partial charge in [-0.3, -0.25) is 4.79 Å². The highest BCUT2D eigenvalue weighted by atomic mass is 32.2. The van der Waals surface area contributed by atoms with Crippen molar-refractivity contribution in [3.05, 3.63) is 70.6 Å². The topological polar surface area (TPSA) is 99.9 Å². The summed E-state index contributed by atoms with van der Waals surface area (Å²) in [6.45, 7) is 0. The van der Waals surface area contributed by atoms with Crippen molar-refractivity contribution in [1.82, 2.24) is 0 Å². The van der Waals surface area contributed by atoms with Crippen molar-refractivity contribution >= 4 is 27.1 Å². The molecule has 0 saturated heterocycles. The summed E-state index contributed by atoms with van der Waals surface area (Å²) in [6, 6.07) is 12.8. The SMILES string of the molecule is COC(=O)Cc1ccc(OS(=O)(=O)c2ccc3oc(=O)ccc3c2)cc1. The average Bonchev–Trinajstić information content (AvgIpc) is 2.62. The fraction of sp³-hybridized carbons (Fsp3) is 0.111. The Hall–Kier alpha value is -3.13. The fourth-order valence-electron chi connectivity index (χ4n) is 2.28. The van der Waals surface area contributed by atoms with Crippen LogP contribution in [0.4, 0.5) is 0 Å². The van der Waals surface area contributed by atoms with Gasteiger partial charge >= 0.3 is 21.7 Å². The predicted molar refractivity (Wildman–Crippen MR) is 92.5 cm³/mol. The Morgan fingerprint density at radius 1 is 1.04 bits per heavy atom. The van der Waals surface area contributed by atoms with Crippen LogP contribution in [0.5, 0.6) is 5.75 Å². The molecule has 3 aromatic rings. The third-order valence-corrected chi connectivity index (χ3v) is 4.83. The summed E-state index contributed by atoms with van der Waals surface area (Å²) >= 11 is 0. The van der Waals surface area contributed by atoms with Crippen LogP contribution < -0.4 is 9.81 Å². The molecule has 1 heterocycles. The van der Waals surface area contributed by atoms with E-state index in [9.17, 15) is 18.0 Å². The van der Waals surface area contributed by atoms with E-state index in [2.05, 4.69) is 4.74 Å². The second kappa shape index (κ2) is 7.01. The molecule has 0 aliphatic carbocycles. The first-order chi connectivity index (χ1) is 12.4. The molecule has 2 aromatic carbocycles. The van der Waals surface area contributed by atoms with E-state index in [0.717, 1.165) is 0 Å². The van der Waals surface area contributed by atoms with E-state index in [0.29, 0.717) is 10.9 Å². The van der Waals surface area contributed by atoms with Gasteiger partial charge in [-0.2, -0.15) is 8.42 Å². The number of esters is 1. The van der Waals surface area contributed by atoms with Gasteiger partial charge in [-0.05, 0) is 42.0 Å². The van der Waals surface area contributed by atoms with Crippen LogP contribution in [0.15, 0.2) is 68.7 Å².